The summed E-state index contributed by atoms with van der Waals surface area (Å²) in [7, 11) is 0. The zero-order valence-electron chi connectivity index (χ0n) is 11.6. The summed E-state index contributed by atoms with van der Waals surface area (Å²) in [5.74, 6) is 0.117. The number of fused-ring (bicyclic) bond motifs is 1. The van der Waals surface area contributed by atoms with Gasteiger partial charge in [0, 0.05) is 26.1 Å². The van der Waals surface area contributed by atoms with Crippen LogP contribution in [0.5, 0.6) is 0 Å². The summed E-state index contributed by atoms with van der Waals surface area (Å²) in [4.78, 5) is 17.8. The van der Waals surface area contributed by atoms with Gasteiger partial charge in [-0.2, -0.15) is 4.98 Å². The fourth-order valence-corrected chi connectivity index (χ4v) is 1.95. The molecule has 0 fully saturated rings. The summed E-state index contributed by atoms with van der Waals surface area (Å²) in [5, 5.41) is 7.06. The maximum atomic E-state index is 13.0. The van der Waals surface area contributed by atoms with Gasteiger partial charge in [-0.15, -0.1) is 5.10 Å². The second-order valence-corrected chi connectivity index (χ2v) is 4.33. The molecule has 0 saturated carbocycles. The quantitative estimate of drug-likeness (QED) is 0.871. The minimum atomic E-state index is -0.370. The first-order chi connectivity index (χ1) is 9.63. The molecule has 2 aromatic rings. The van der Waals surface area contributed by atoms with Crippen LogP contribution in [0.15, 0.2) is 18.3 Å². The Balaban J connectivity index is 1.91. The standard InChI is InChI=1S/C13H18FN5O/c1-3-18(4-2)12(20)7-8-15-13-16-11-6-5-10(14)9-19(11)17-13/h5-6,9H,3-4,7-8H2,1-2H3,(H,15,17). The first-order valence-corrected chi connectivity index (χ1v) is 6.67. The molecule has 0 aliphatic heterocycles. The highest BCUT2D eigenvalue weighted by atomic mass is 19.1. The van der Waals surface area contributed by atoms with Crippen LogP contribution in [0, 0.1) is 5.82 Å². The highest BCUT2D eigenvalue weighted by Crippen LogP contribution is 2.06. The number of rotatable bonds is 6. The highest BCUT2D eigenvalue weighted by Gasteiger charge is 2.09. The number of aromatic nitrogens is 3. The van der Waals surface area contributed by atoms with E-state index in [0.29, 0.717) is 37.7 Å². The van der Waals surface area contributed by atoms with Gasteiger partial charge in [-0.1, -0.05) is 0 Å². The summed E-state index contributed by atoms with van der Waals surface area (Å²) >= 11 is 0. The Bertz CT molecular complexity index is 593. The van der Waals surface area contributed by atoms with Crippen molar-refractivity contribution in [2.75, 3.05) is 25.0 Å². The third-order valence-corrected chi connectivity index (χ3v) is 3.03. The Morgan fingerprint density at radius 2 is 2.15 bits per heavy atom. The number of anilines is 1. The second-order valence-electron chi connectivity index (χ2n) is 4.33. The summed E-state index contributed by atoms with van der Waals surface area (Å²) < 4.78 is 14.4. The van der Waals surface area contributed by atoms with Crippen molar-refractivity contribution in [2.24, 2.45) is 0 Å². The minimum Gasteiger partial charge on any atom is -0.352 e. The van der Waals surface area contributed by atoms with Gasteiger partial charge in [-0.25, -0.2) is 8.91 Å². The molecule has 2 rings (SSSR count). The molecule has 6 nitrogen and oxygen atoms in total. The molecule has 7 heteroatoms. The molecular formula is C13H18FN5O. The smallest absolute Gasteiger partial charge is 0.243 e. The van der Waals surface area contributed by atoms with Crippen LogP contribution < -0.4 is 5.32 Å². The first kappa shape index (κ1) is 14.2. The van der Waals surface area contributed by atoms with E-state index in [1.807, 2.05) is 13.8 Å². The fourth-order valence-electron chi connectivity index (χ4n) is 1.95. The molecule has 0 aromatic carbocycles. The van der Waals surface area contributed by atoms with E-state index >= 15 is 0 Å². The molecule has 0 bridgehead atoms. The van der Waals surface area contributed by atoms with Gasteiger partial charge in [-0.05, 0) is 26.0 Å². The second kappa shape index (κ2) is 6.31. The zero-order valence-corrected chi connectivity index (χ0v) is 11.6. The molecule has 0 saturated heterocycles. The van der Waals surface area contributed by atoms with Gasteiger partial charge in [0.15, 0.2) is 5.65 Å². The maximum Gasteiger partial charge on any atom is 0.243 e. The molecule has 1 N–H and O–H groups in total. The van der Waals surface area contributed by atoms with Crippen LogP contribution in [0.3, 0.4) is 0 Å². The Labute approximate surface area is 116 Å². The van der Waals surface area contributed by atoms with Crippen molar-refractivity contribution in [3.63, 3.8) is 0 Å². The maximum absolute atomic E-state index is 13.0. The summed E-state index contributed by atoms with van der Waals surface area (Å²) in [6.07, 6.45) is 1.64. The highest BCUT2D eigenvalue weighted by molar-refractivity contribution is 5.76. The number of carbonyl (C=O) groups excluding carboxylic acids is 1. The van der Waals surface area contributed by atoms with E-state index in [1.54, 1.807) is 11.0 Å². The number of nitrogens with one attached hydrogen (secondary N) is 1. The van der Waals surface area contributed by atoms with Crippen molar-refractivity contribution < 1.29 is 9.18 Å². The lowest BCUT2D eigenvalue weighted by atomic mass is 10.3. The summed E-state index contributed by atoms with van der Waals surface area (Å²) in [6.45, 7) is 5.78. The molecule has 0 spiro atoms. The molecule has 2 aromatic heterocycles. The Morgan fingerprint density at radius 1 is 1.40 bits per heavy atom. The van der Waals surface area contributed by atoms with E-state index < -0.39 is 0 Å². The summed E-state index contributed by atoms with van der Waals surface area (Å²) in [6, 6.07) is 2.88. The monoisotopic (exact) mass is 279 g/mol. The Hall–Kier alpha value is -2.18. The third-order valence-electron chi connectivity index (χ3n) is 3.03. The number of hydrogen-bond acceptors (Lipinski definition) is 4. The van der Waals surface area contributed by atoms with Crippen LogP contribution in [-0.2, 0) is 4.79 Å². The molecule has 2 heterocycles. The number of halogens is 1. The lowest BCUT2D eigenvalue weighted by Gasteiger charge is -2.18. The number of pyridine rings is 1. The normalized spacial score (nSPS) is 10.8. The molecule has 0 radical (unpaired) electrons. The van der Waals surface area contributed by atoms with E-state index in [1.165, 1.54) is 16.8 Å². The Morgan fingerprint density at radius 3 is 2.85 bits per heavy atom. The fraction of sp³-hybridized carbons (Fsp3) is 0.462. The van der Waals surface area contributed by atoms with Gasteiger partial charge in [-0.3, -0.25) is 4.79 Å². The van der Waals surface area contributed by atoms with E-state index in [0.717, 1.165) is 0 Å². The number of amides is 1. The number of hydrogen-bond donors (Lipinski definition) is 1. The van der Waals surface area contributed by atoms with Gasteiger partial charge in [0.1, 0.15) is 5.82 Å². The summed E-state index contributed by atoms with van der Waals surface area (Å²) in [5.41, 5.74) is 0.559. The average Bonchev–Trinajstić information content (AvgIpc) is 2.82. The topological polar surface area (TPSA) is 62.5 Å². The predicted molar refractivity (Wildman–Crippen MR) is 74.0 cm³/mol. The molecular weight excluding hydrogens is 261 g/mol. The van der Waals surface area contributed by atoms with E-state index in [2.05, 4.69) is 15.4 Å². The molecule has 0 aliphatic carbocycles. The lowest BCUT2D eigenvalue weighted by Crippen LogP contribution is -2.31. The van der Waals surface area contributed by atoms with Crippen LogP contribution in [0.25, 0.3) is 5.65 Å². The molecule has 20 heavy (non-hydrogen) atoms. The van der Waals surface area contributed by atoms with Crippen LogP contribution in [0.4, 0.5) is 10.3 Å². The third kappa shape index (κ3) is 3.23. The van der Waals surface area contributed by atoms with Gasteiger partial charge in [0.25, 0.3) is 0 Å². The van der Waals surface area contributed by atoms with Crippen molar-refractivity contribution in [3.8, 4) is 0 Å². The van der Waals surface area contributed by atoms with Crippen LogP contribution in [0.2, 0.25) is 0 Å². The van der Waals surface area contributed by atoms with Crippen molar-refractivity contribution >= 4 is 17.5 Å². The minimum absolute atomic E-state index is 0.0947. The van der Waals surface area contributed by atoms with E-state index in [9.17, 15) is 9.18 Å². The van der Waals surface area contributed by atoms with Gasteiger partial charge >= 0.3 is 0 Å². The van der Waals surface area contributed by atoms with Crippen LogP contribution in [-0.4, -0.2) is 45.0 Å². The number of carbonyl (C=O) groups is 1. The van der Waals surface area contributed by atoms with Crippen molar-refractivity contribution in [1.29, 1.82) is 0 Å². The largest absolute Gasteiger partial charge is 0.352 e. The zero-order chi connectivity index (χ0) is 14.5. The molecule has 0 atom stereocenters. The van der Waals surface area contributed by atoms with Gasteiger partial charge in [0.05, 0.1) is 6.20 Å². The molecule has 0 unspecified atom stereocenters. The van der Waals surface area contributed by atoms with Crippen molar-refractivity contribution in [3.05, 3.63) is 24.1 Å². The molecule has 1 amide bonds. The predicted octanol–water partition coefficient (Wildman–Crippen LogP) is 1.54. The van der Waals surface area contributed by atoms with Gasteiger partial charge < -0.3 is 10.2 Å². The van der Waals surface area contributed by atoms with E-state index in [4.69, 9.17) is 0 Å². The molecule has 108 valence electrons. The first-order valence-electron chi connectivity index (χ1n) is 6.67. The van der Waals surface area contributed by atoms with Gasteiger partial charge in [0.2, 0.25) is 11.9 Å². The van der Waals surface area contributed by atoms with E-state index in [-0.39, 0.29) is 11.7 Å². The van der Waals surface area contributed by atoms with Crippen LogP contribution >= 0.6 is 0 Å². The van der Waals surface area contributed by atoms with Crippen molar-refractivity contribution in [1.82, 2.24) is 19.5 Å². The van der Waals surface area contributed by atoms with Crippen molar-refractivity contribution in [2.45, 2.75) is 20.3 Å². The van der Waals surface area contributed by atoms with Crippen LogP contribution in [0.1, 0.15) is 20.3 Å². The lowest BCUT2D eigenvalue weighted by molar-refractivity contribution is -0.130. The number of nitrogens with zero attached hydrogens (tertiary/aromatic N) is 4. The molecule has 0 aliphatic rings. The SMILES string of the molecule is CCN(CC)C(=O)CCNc1nc2ccc(F)cn2n1. The Kier molecular flexibility index (Phi) is 4.49. The average molecular weight is 279 g/mol.